The Balaban J connectivity index is 2.94. The Morgan fingerprint density at radius 1 is 1.42 bits per heavy atom. The summed E-state index contributed by atoms with van der Waals surface area (Å²) >= 11 is 0. The van der Waals surface area contributed by atoms with Crippen molar-refractivity contribution in [1.82, 2.24) is 5.01 Å². The summed E-state index contributed by atoms with van der Waals surface area (Å²) < 4.78 is 0. The van der Waals surface area contributed by atoms with Gasteiger partial charge in [-0.25, -0.2) is 0 Å². The summed E-state index contributed by atoms with van der Waals surface area (Å²) in [5.74, 6) is 0. The van der Waals surface area contributed by atoms with Gasteiger partial charge in [0.05, 0.1) is 5.70 Å². The molecule has 1 aliphatic rings. The second kappa shape index (κ2) is 3.57. The molecule has 0 unspecified atom stereocenters. The summed E-state index contributed by atoms with van der Waals surface area (Å²) in [6, 6.07) is 0.427. The maximum Gasteiger partial charge on any atom is 0.0583 e. The Morgan fingerprint density at radius 2 is 2.08 bits per heavy atom. The first kappa shape index (κ1) is 9.04. The molecule has 0 aromatic heterocycles. The Morgan fingerprint density at radius 3 is 2.50 bits per heavy atom. The van der Waals surface area contributed by atoms with E-state index in [2.05, 4.69) is 38.9 Å². The standard InChI is InChI=1S/C10H16N2/c1-8(2)10-6-5-7-11-12(10)9(3)4/h5-7,9H,1-4H3. The van der Waals surface area contributed by atoms with Crippen LogP contribution in [0.15, 0.2) is 28.5 Å². The van der Waals surface area contributed by atoms with Gasteiger partial charge in [0, 0.05) is 12.3 Å². The average molecular weight is 164 g/mol. The molecule has 0 amide bonds. The Bertz CT molecular complexity index is 243. The van der Waals surface area contributed by atoms with Crippen LogP contribution in [0.3, 0.4) is 0 Å². The Labute approximate surface area is 74.3 Å². The number of hydrogen-bond acceptors (Lipinski definition) is 2. The van der Waals surface area contributed by atoms with Crippen LogP contribution in [-0.2, 0) is 0 Å². The molecule has 2 heteroatoms. The zero-order chi connectivity index (χ0) is 9.14. The van der Waals surface area contributed by atoms with Crippen LogP contribution in [0.25, 0.3) is 0 Å². The molecule has 1 rings (SSSR count). The third kappa shape index (κ3) is 1.76. The summed E-state index contributed by atoms with van der Waals surface area (Å²) in [7, 11) is 0. The summed E-state index contributed by atoms with van der Waals surface area (Å²) in [6.45, 7) is 8.49. The van der Waals surface area contributed by atoms with E-state index in [1.54, 1.807) is 0 Å². The lowest BCUT2D eigenvalue weighted by atomic mass is 10.2. The van der Waals surface area contributed by atoms with Gasteiger partial charge in [-0.2, -0.15) is 5.10 Å². The first-order valence-electron chi connectivity index (χ1n) is 4.30. The molecule has 1 heterocycles. The van der Waals surface area contributed by atoms with Crippen molar-refractivity contribution in [1.29, 1.82) is 0 Å². The van der Waals surface area contributed by atoms with Crippen LogP contribution in [-0.4, -0.2) is 17.3 Å². The molecule has 0 spiro atoms. The largest absolute Gasteiger partial charge is 0.263 e. The molecule has 0 aromatic rings. The molecule has 0 aliphatic carbocycles. The van der Waals surface area contributed by atoms with E-state index < -0.39 is 0 Å². The second-order valence-corrected chi connectivity index (χ2v) is 3.45. The maximum absolute atomic E-state index is 4.30. The molecule has 0 saturated heterocycles. The zero-order valence-corrected chi connectivity index (χ0v) is 8.20. The monoisotopic (exact) mass is 164 g/mol. The molecule has 0 saturated carbocycles. The molecule has 0 radical (unpaired) electrons. The predicted octanol–water partition coefficient (Wildman–Crippen LogP) is 2.55. The van der Waals surface area contributed by atoms with Crippen molar-refractivity contribution in [2.75, 3.05) is 0 Å². The van der Waals surface area contributed by atoms with Crippen molar-refractivity contribution in [3.05, 3.63) is 23.4 Å². The van der Waals surface area contributed by atoms with Gasteiger partial charge in [-0.1, -0.05) is 5.57 Å². The fourth-order valence-electron chi connectivity index (χ4n) is 1.19. The predicted molar refractivity (Wildman–Crippen MR) is 53.0 cm³/mol. The molecular formula is C10H16N2. The van der Waals surface area contributed by atoms with Gasteiger partial charge in [0.2, 0.25) is 0 Å². The molecule has 12 heavy (non-hydrogen) atoms. The molecule has 2 nitrogen and oxygen atoms in total. The molecule has 0 atom stereocenters. The van der Waals surface area contributed by atoms with E-state index in [1.807, 2.05) is 17.3 Å². The molecule has 0 aromatic carbocycles. The van der Waals surface area contributed by atoms with E-state index in [0.717, 1.165) is 0 Å². The smallest absolute Gasteiger partial charge is 0.0583 e. The normalized spacial score (nSPS) is 16.1. The van der Waals surface area contributed by atoms with Crippen molar-refractivity contribution in [3.8, 4) is 0 Å². The minimum Gasteiger partial charge on any atom is -0.263 e. The SMILES string of the molecule is CC(C)=C1C=CC=NN1C(C)C. The van der Waals surface area contributed by atoms with E-state index in [4.69, 9.17) is 0 Å². The molecule has 1 aliphatic heterocycles. The first-order chi connectivity index (χ1) is 5.63. The molecule has 0 fully saturated rings. The van der Waals surface area contributed by atoms with Gasteiger partial charge in [-0.15, -0.1) is 0 Å². The first-order valence-corrected chi connectivity index (χ1v) is 4.30. The second-order valence-electron chi connectivity index (χ2n) is 3.45. The van der Waals surface area contributed by atoms with Gasteiger partial charge in [0.25, 0.3) is 0 Å². The quantitative estimate of drug-likeness (QED) is 0.581. The van der Waals surface area contributed by atoms with Crippen molar-refractivity contribution < 1.29 is 0 Å². The van der Waals surface area contributed by atoms with Gasteiger partial charge in [-0.05, 0) is 39.8 Å². The van der Waals surface area contributed by atoms with E-state index in [0.29, 0.717) is 6.04 Å². The fourth-order valence-corrected chi connectivity index (χ4v) is 1.19. The third-order valence-electron chi connectivity index (χ3n) is 1.78. The number of allylic oxidation sites excluding steroid dienone is 3. The highest BCUT2D eigenvalue weighted by Gasteiger charge is 2.12. The Hall–Kier alpha value is -1.05. The molecule has 0 bridgehead atoms. The lowest BCUT2D eigenvalue weighted by molar-refractivity contribution is 0.304. The van der Waals surface area contributed by atoms with Gasteiger partial charge >= 0.3 is 0 Å². The number of rotatable bonds is 1. The van der Waals surface area contributed by atoms with Crippen LogP contribution >= 0.6 is 0 Å². The van der Waals surface area contributed by atoms with E-state index in [9.17, 15) is 0 Å². The average Bonchev–Trinajstić information content (AvgIpc) is 2.04. The van der Waals surface area contributed by atoms with Crippen LogP contribution in [0.2, 0.25) is 0 Å². The summed E-state index contributed by atoms with van der Waals surface area (Å²) in [4.78, 5) is 0. The topological polar surface area (TPSA) is 15.6 Å². The lowest BCUT2D eigenvalue weighted by Gasteiger charge is -2.27. The number of hydrazone groups is 1. The van der Waals surface area contributed by atoms with Crippen molar-refractivity contribution in [2.45, 2.75) is 33.7 Å². The van der Waals surface area contributed by atoms with E-state index in [-0.39, 0.29) is 0 Å². The minimum absolute atomic E-state index is 0.427. The van der Waals surface area contributed by atoms with Crippen LogP contribution in [0.1, 0.15) is 27.7 Å². The highest BCUT2D eigenvalue weighted by molar-refractivity contribution is 5.73. The Kier molecular flexibility index (Phi) is 2.69. The van der Waals surface area contributed by atoms with Crippen LogP contribution in [0.5, 0.6) is 0 Å². The summed E-state index contributed by atoms with van der Waals surface area (Å²) in [6.07, 6.45) is 5.90. The van der Waals surface area contributed by atoms with E-state index in [1.165, 1.54) is 11.3 Å². The van der Waals surface area contributed by atoms with Gasteiger partial charge in [0.15, 0.2) is 0 Å². The fraction of sp³-hybridized carbons (Fsp3) is 0.500. The minimum atomic E-state index is 0.427. The molecule has 66 valence electrons. The van der Waals surface area contributed by atoms with Gasteiger partial charge in [0.1, 0.15) is 0 Å². The highest BCUT2D eigenvalue weighted by atomic mass is 15.5. The zero-order valence-electron chi connectivity index (χ0n) is 8.20. The summed E-state index contributed by atoms with van der Waals surface area (Å²) in [5, 5.41) is 6.33. The molecular weight excluding hydrogens is 148 g/mol. The summed E-state index contributed by atoms with van der Waals surface area (Å²) in [5.41, 5.74) is 2.52. The highest BCUT2D eigenvalue weighted by Crippen LogP contribution is 2.17. The van der Waals surface area contributed by atoms with Crippen LogP contribution in [0.4, 0.5) is 0 Å². The van der Waals surface area contributed by atoms with Gasteiger partial charge in [-0.3, -0.25) is 5.01 Å². The van der Waals surface area contributed by atoms with Gasteiger partial charge < -0.3 is 0 Å². The van der Waals surface area contributed by atoms with Crippen LogP contribution in [0, 0.1) is 0 Å². The van der Waals surface area contributed by atoms with Crippen molar-refractivity contribution in [3.63, 3.8) is 0 Å². The lowest BCUT2D eigenvalue weighted by Crippen LogP contribution is -2.26. The third-order valence-corrected chi connectivity index (χ3v) is 1.78. The van der Waals surface area contributed by atoms with E-state index >= 15 is 0 Å². The van der Waals surface area contributed by atoms with Crippen molar-refractivity contribution >= 4 is 6.21 Å². The number of nitrogens with zero attached hydrogens (tertiary/aromatic N) is 2. The molecule has 0 N–H and O–H groups in total. The van der Waals surface area contributed by atoms with Crippen LogP contribution < -0.4 is 0 Å². The van der Waals surface area contributed by atoms with Crippen molar-refractivity contribution in [2.24, 2.45) is 5.10 Å². The maximum atomic E-state index is 4.30. The number of hydrogen-bond donors (Lipinski definition) is 0.